The van der Waals surface area contributed by atoms with Crippen LogP contribution in [0.1, 0.15) is 81.9 Å². The first-order chi connectivity index (χ1) is 24.9. The Hall–Kier alpha value is -4.07. The zero-order valence-corrected chi connectivity index (χ0v) is 30.4. The van der Waals surface area contributed by atoms with E-state index in [0.29, 0.717) is 5.56 Å². The Labute approximate surface area is 307 Å². The number of terminal acetylenes is 1. The van der Waals surface area contributed by atoms with Crippen LogP contribution < -0.4 is 5.32 Å². The molecule has 5 N–H and O–H groups in total. The van der Waals surface area contributed by atoms with Crippen LogP contribution in [0.4, 0.5) is 0 Å². The van der Waals surface area contributed by atoms with Gasteiger partial charge in [0.05, 0.1) is 25.2 Å². The van der Waals surface area contributed by atoms with Gasteiger partial charge in [-0.15, -0.1) is 12.3 Å². The molecule has 0 aliphatic carbocycles. The summed E-state index contributed by atoms with van der Waals surface area (Å²) in [6.45, 7) is 2.11. The van der Waals surface area contributed by atoms with Gasteiger partial charge in [-0.3, -0.25) is 9.59 Å². The van der Waals surface area contributed by atoms with Crippen LogP contribution in [0.15, 0.2) is 54.6 Å². The van der Waals surface area contributed by atoms with Crippen molar-refractivity contribution in [1.82, 2.24) is 5.32 Å². The Morgan fingerprint density at radius 1 is 1.04 bits per heavy atom. The monoisotopic (exact) mass is 719 g/mol. The third-order valence-corrected chi connectivity index (χ3v) is 9.45. The maximum Gasteiger partial charge on any atom is 0.364 e. The molecule has 3 rings (SSSR count). The first kappa shape index (κ1) is 42.3. The van der Waals surface area contributed by atoms with Gasteiger partial charge in [-0.05, 0) is 42.5 Å². The highest BCUT2D eigenvalue weighted by atomic mass is 16.7. The number of aliphatic hydroxyl groups excluding tert-OH is 3. The van der Waals surface area contributed by atoms with Crippen LogP contribution in [-0.4, -0.2) is 88.6 Å². The lowest BCUT2D eigenvalue weighted by Crippen LogP contribution is -2.63. The van der Waals surface area contributed by atoms with E-state index >= 15 is 0 Å². The van der Waals surface area contributed by atoms with Gasteiger partial charge in [-0.1, -0.05) is 81.0 Å². The highest BCUT2D eigenvalue weighted by Gasteiger charge is 2.56. The van der Waals surface area contributed by atoms with Gasteiger partial charge in [0, 0.05) is 49.8 Å². The number of unbranched alkanes of at least 4 members (excludes halogenated alkanes) is 5. The molecule has 0 aromatic heterocycles. The van der Waals surface area contributed by atoms with E-state index in [-0.39, 0.29) is 31.9 Å². The zero-order valence-electron chi connectivity index (χ0n) is 30.4. The van der Waals surface area contributed by atoms with Gasteiger partial charge in [0.15, 0.2) is 5.78 Å². The molecule has 0 spiro atoms. The SMILES string of the molecule is C#CCCCCCCC#Cc1ccc(CC(=O)NC[C@@H](OC)[C@@H](O)[C@@H]2O[C@@](OCc3ccccc3)(C(=O)O)C[C@H](O)[C@H]2CC(C)(C)C(=O)CO)cc1. The molecular weight excluding hydrogens is 666 g/mol. The molecule has 282 valence electrons. The molecule has 0 bridgehead atoms. The second-order valence-corrected chi connectivity index (χ2v) is 13.9. The molecule has 0 radical (unpaired) electrons. The van der Waals surface area contributed by atoms with Crippen molar-refractivity contribution in [3.05, 3.63) is 71.3 Å². The van der Waals surface area contributed by atoms with Crippen molar-refractivity contribution in [3.8, 4) is 24.2 Å². The molecule has 11 nitrogen and oxygen atoms in total. The third-order valence-electron chi connectivity index (χ3n) is 9.45. The minimum atomic E-state index is -2.34. The third kappa shape index (κ3) is 12.6. The van der Waals surface area contributed by atoms with Crippen LogP contribution in [0.25, 0.3) is 0 Å². The number of aliphatic hydroxyl groups is 3. The van der Waals surface area contributed by atoms with Crippen LogP contribution in [0.5, 0.6) is 0 Å². The number of ketones is 1. The number of hydrogen-bond donors (Lipinski definition) is 5. The molecular formula is C41H53NO10. The molecule has 0 saturated carbocycles. The lowest BCUT2D eigenvalue weighted by molar-refractivity contribution is -0.324. The fourth-order valence-electron chi connectivity index (χ4n) is 6.24. The second kappa shape index (κ2) is 20.8. The number of nitrogens with one attached hydrogen (secondary N) is 1. The molecule has 2 aromatic rings. The number of carbonyl (C=O) groups is 3. The van der Waals surface area contributed by atoms with Crippen LogP contribution in [0.3, 0.4) is 0 Å². The minimum Gasteiger partial charge on any atom is -0.477 e. The van der Waals surface area contributed by atoms with Crippen molar-refractivity contribution in [2.45, 2.75) is 108 Å². The molecule has 1 heterocycles. The van der Waals surface area contributed by atoms with Gasteiger partial charge < -0.3 is 40.0 Å². The molecule has 1 fully saturated rings. The normalized spacial score (nSPS) is 21.2. The summed E-state index contributed by atoms with van der Waals surface area (Å²) in [5.74, 6) is 3.31. The van der Waals surface area contributed by atoms with Crippen molar-refractivity contribution < 1.29 is 49.0 Å². The molecule has 1 aliphatic heterocycles. The highest BCUT2D eigenvalue weighted by molar-refractivity contribution is 5.85. The average Bonchev–Trinajstić information content (AvgIpc) is 3.13. The van der Waals surface area contributed by atoms with Crippen molar-refractivity contribution in [2.75, 3.05) is 20.3 Å². The lowest BCUT2D eigenvalue weighted by Gasteiger charge is -2.48. The van der Waals surface area contributed by atoms with Crippen LogP contribution in [0, 0.1) is 35.5 Å². The summed E-state index contributed by atoms with van der Waals surface area (Å²) < 4.78 is 17.5. The number of amides is 1. The Morgan fingerprint density at radius 3 is 2.33 bits per heavy atom. The van der Waals surface area contributed by atoms with E-state index in [9.17, 15) is 34.8 Å². The number of benzene rings is 2. The second-order valence-electron chi connectivity index (χ2n) is 13.9. The maximum absolute atomic E-state index is 13.0. The number of methoxy groups -OCH3 is 1. The Morgan fingerprint density at radius 2 is 1.71 bits per heavy atom. The van der Waals surface area contributed by atoms with Crippen molar-refractivity contribution >= 4 is 17.7 Å². The van der Waals surface area contributed by atoms with E-state index in [0.717, 1.165) is 49.7 Å². The summed E-state index contributed by atoms with van der Waals surface area (Å²) in [6.07, 6.45) is 5.16. The number of carbonyl (C=O) groups excluding carboxylic acids is 2. The first-order valence-electron chi connectivity index (χ1n) is 17.8. The fourth-order valence-corrected chi connectivity index (χ4v) is 6.24. The Bertz CT molecular complexity index is 1540. The van der Waals surface area contributed by atoms with Gasteiger partial charge in [-0.2, -0.15) is 0 Å². The average molecular weight is 720 g/mol. The lowest BCUT2D eigenvalue weighted by atomic mass is 9.72. The summed E-state index contributed by atoms with van der Waals surface area (Å²) in [5, 5.41) is 45.8. The van der Waals surface area contributed by atoms with E-state index in [1.165, 1.54) is 7.11 Å². The molecule has 0 unspecified atom stereocenters. The topological polar surface area (TPSA) is 172 Å². The molecule has 1 amide bonds. The summed E-state index contributed by atoms with van der Waals surface area (Å²) in [5.41, 5.74) is 1.10. The smallest absolute Gasteiger partial charge is 0.364 e. The van der Waals surface area contributed by atoms with E-state index in [1.54, 1.807) is 44.2 Å². The van der Waals surface area contributed by atoms with Gasteiger partial charge >= 0.3 is 5.97 Å². The van der Waals surface area contributed by atoms with E-state index in [4.69, 9.17) is 20.6 Å². The first-order valence-corrected chi connectivity index (χ1v) is 17.8. The van der Waals surface area contributed by atoms with Crippen LogP contribution in [-0.2, 0) is 41.6 Å². The molecule has 2 aromatic carbocycles. The molecule has 11 heteroatoms. The predicted molar refractivity (Wildman–Crippen MR) is 194 cm³/mol. The van der Waals surface area contributed by atoms with Crippen LogP contribution >= 0.6 is 0 Å². The van der Waals surface area contributed by atoms with Gasteiger partial charge in [0.2, 0.25) is 5.91 Å². The zero-order chi connectivity index (χ0) is 38.1. The summed E-state index contributed by atoms with van der Waals surface area (Å²) >= 11 is 0. The Balaban J connectivity index is 1.69. The Kier molecular flexibility index (Phi) is 17.0. The highest BCUT2D eigenvalue weighted by Crippen LogP contribution is 2.42. The van der Waals surface area contributed by atoms with Crippen LogP contribution in [0.2, 0.25) is 0 Å². The van der Waals surface area contributed by atoms with Crippen molar-refractivity contribution in [3.63, 3.8) is 0 Å². The van der Waals surface area contributed by atoms with E-state index < -0.39 is 66.3 Å². The number of rotatable bonds is 20. The van der Waals surface area contributed by atoms with Gasteiger partial charge in [-0.25, -0.2) is 4.79 Å². The molecule has 52 heavy (non-hydrogen) atoms. The van der Waals surface area contributed by atoms with E-state index in [2.05, 4.69) is 23.1 Å². The summed E-state index contributed by atoms with van der Waals surface area (Å²) in [7, 11) is 1.32. The molecule has 1 aliphatic rings. The quantitative estimate of drug-likeness (QED) is 0.100. The largest absolute Gasteiger partial charge is 0.477 e. The maximum atomic E-state index is 13.0. The van der Waals surface area contributed by atoms with Crippen molar-refractivity contribution in [1.29, 1.82) is 0 Å². The number of carboxylic acids is 1. The standard InChI is InChI=1S/C41H53NO10/c1-5-6-7-8-9-10-11-13-16-29-19-21-30(22-20-29)23-36(46)42-26-34(50-4)37(47)38-32(24-40(2,3)35(45)27-43)33(44)25-41(52-38,39(48)49)51-28-31-17-14-12-15-18-31/h1,12,14-15,17-22,32-34,37-38,43-44,47H,6-11,23-28H2,2-4H3,(H,42,46)(H,48,49)/t32-,33+,34-,37-,38-,41-/m1/s1. The number of aliphatic carboxylic acids is 1. The predicted octanol–water partition coefficient (Wildman–Crippen LogP) is 3.79. The summed E-state index contributed by atoms with van der Waals surface area (Å²) in [6, 6.07) is 16.2. The van der Waals surface area contributed by atoms with E-state index in [1.807, 2.05) is 24.3 Å². The molecule has 6 atom stereocenters. The summed E-state index contributed by atoms with van der Waals surface area (Å²) in [4.78, 5) is 38.2. The number of Topliss-reactive ketones (excluding diaryl/α,β-unsaturated/α-hetero) is 1. The fraction of sp³-hybridized carbons (Fsp3) is 0.537. The minimum absolute atomic E-state index is 0.0477. The van der Waals surface area contributed by atoms with Gasteiger partial charge in [0.25, 0.3) is 5.79 Å². The number of ether oxygens (including phenoxy) is 3. The van der Waals surface area contributed by atoms with Gasteiger partial charge in [0.1, 0.15) is 18.8 Å². The number of hydrogen-bond acceptors (Lipinski definition) is 9. The molecule has 1 saturated heterocycles. The number of carboxylic acid groups (broad SMARTS) is 1. The van der Waals surface area contributed by atoms with Crippen molar-refractivity contribution in [2.24, 2.45) is 11.3 Å².